The molecule has 5 aromatic rings. The SMILES string of the molecule is CCc1nn(-c2ccccc2)c2c1CN(C(=O)Nc1ccc(C)cc1C)C(c1cccc(F)c1)c1cccn1-2. The maximum atomic E-state index is 14.6. The van der Waals surface area contributed by atoms with E-state index in [-0.39, 0.29) is 11.8 Å². The Bertz CT molecular complexity index is 1670. The number of hydrogen-bond acceptors (Lipinski definition) is 2. The van der Waals surface area contributed by atoms with E-state index in [0.29, 0.717) is 18.5 Å². The second kappa shape index (κ2) is 9.91. The Labute approximate surface area is 227 Å². The number of aromatic nitrogens is 3. The highest BCUT2D eigenvalue weighted by atomic mass is 19.1. The third-order valence-corrected chi connectivity index (χ3v) is 7.35. The van der Waals surface area contributed by atoms with Gasteiger partial charge in [0.1, 0.15) is 11.6 Å². The number of nitrogens with one attached hydrogen (secondary N) is 1. The van der Waals surface area contributed by atoms with Crippen molar-refractivity contribution >= 4 is 11.7 Å². The van der Waals surface area contributed by atoms with E-state index in [1.807, 2.05) is 91.5 Å². The Balaban J connectivity index is 1.55. The molecule has 0 spiro atoms. The molecule has 2 amide bonds. The van der Waals surface area contributed by atoms with E-state index in [1.165, 1.54) is 12.1 Å². The van der Waals surface area contributed by atoms with Gasteiger partial charge in [-0.05, 0) is 73.9 Å². The quantitative estimate of drug-likeness (QED) is 0.275. The highest BCUT2D eigenvalue weighted by Gasteiger charge is 2.36. The van der Waals surface area contributed by atoms with Crippen LogP contribution in [0.2, 0.25) is 0 Å². The van der Waals surface area contributed by atoms with Crippen LogP contribution in [0.25, 0.3) is 11.5 Å². The lowest BCUT2D eigenvalue weighted by molar-refractivity contribution is 0.194. The number of fused-ring (bicyclic) bond motifs is 3. The molecule has 0 saturated heterocycles. The van der Waals surface area contributed by atoms with E-state index in [1.54, 1.807) is 11.0 Å². The summed E-state index contributed by atoms with van der Waals surface area (Å²) in [6.45, 7) is 6.39. The fraction of sp³-hybridized carbons (Fsp3) is 0.188. The molecule has 0 aliphatic carbocycles. The molecule has 196 valence electrons. The van der Waals surface area contributed by atoms with Gasteiger partial charge in [-0.1, -0.05) is 55.0 Å². The van der Waals surface area contributed by atoms with Crippen molar-refractivity contribution in [3.8, 4) is 11.5 Å². The smallest absolute Gasteiger partial charge is 0.308 e. The van der Waals surface area contributed by atoms with Crippen molar-refractivity contribution in [2.45, 2.75) is 39.8 Å². The fourth-order valence-electron chi connectivity index (χ4n) is 5.52. The molecule has 0 fully saturated rings. The molecule has 1 N–H and O–H groups in total. The lowest BCUT2D eigenvalue weighted by atomic mass is 10.0. The zero-order valence-electron chi connectivity index (χ0n) is 22.2. The molecule has 3 heterocycles. The first-order valence-electron chi connectivity index (χ1n) is 13.2. The molecule has 7 heteroatoms. The molecule has 6 rings (SSSR count). The van der Waals surface area contributed by atoms with E-state index < -0.39 is 6.04 Å². The van der Waals surface area contributed by atoms with Crippen LogP contribution in [0.15, 0.2) is 91.1 Å². The first-order chi connectivity index (χ1) is 18.9. The maximum absolute atomic E-state index is 14.6. The van der Waals surface area contributed by atoms with Crippen LogP contribution in [0.4, 0.5) is 14.9 Å². The van der Waals surface area contributed by atoms with Crippen LogP contribution in [0.3, 0.4) is 0 Å². The summed E-state index contributed by atoms with van der Waals surface area (Å²) in [5, 5.41) is 8.13. The topological polar surface area (TPSA) is 55.1 Å². The van der Waals surface area contributed by atoms with Gasteiger partial charge in [-0.15, -0.1) is 0 Å². The standard InChI is InChI=1S/C32H30FN5O/c1-4-27-26-20-37(32(39)34-28-16-15-21(2)18-22(28)3)30(23-10-8-11-24(33)19-23)29-14-9-17-36(29)31(26)38(35-27)25-12-6-5-7-13-25/h5-19,30H,4,20H2,1-3H3,(H,34,39). The van der Waals surface area contributed by atoms with Crippen molar-refractivity contribution in [1.82, 2.24) is 19.2 Å². The van der Waals surface area contributed by atoms with Gasteiger partial charge in [-0.25, -0.2) is 13.9 Å². The van der Waals surface area contributed by atoms with Gasteiger partial charge >= 0.3 is 6.03 Å². The van der Waals surface area contributed by atoms with Crippen molar-refractivity contribution in [3.63, 3.8) is 0 Å². The second-order valence-electron chi connectivity index (χ2n) is 9.99. The molecule has 3 aromatic carbocycles. The first-order valence-corrected chi connectivity index (χ1v) is 13.2. The molecule has 2 aromatic heterocycles. The van der Waals surface area contributed by atoms with E-state index >= 15 is 0 Å². The minimum atomic E-state index is -0.525. The number of carbonyl (C=O) groups excluding carboxylic acids is 1. The van der Waals surface area contributed by atoms with Gasteiger partial charge < -0.3 is 14.8 Å². The lowest BCUT2D eigenvalue weighted by Gasteiger charge is -2.31. The van der Waals surface area contributed by atoms with Gasteiger partial charge in [0.2, 0.25) is 0 Å². The zero-order chi connectivity index (χ0) is 27.1. The monoisotopic (exact) mass is 519 g/mol. The number of rotatable bonds is 4. The number of para-hydroxylation sites is 1. The predicted molar refractivity (Wildman–Crippen MR) is 151 cm³/mol. The average molecular weight is 520 g/mol. The normalized spacial score (nSPS) is 14.5. The number of amides is 2. The van der Waals surface area contributed by atoms with Crippen LogP contribution in [0.5, 0.6) is 0 Å². The summed E-state index contributed by atoms with van der Waals surface area (Å²) in [6.07, 6.45) is 2.70. The summed E-state index contributed by atoms with van der Waals surface area (Å²) in [6, 6.07) is 25.6. The third kappa shape index (κ3) is 4.40. The summed E-state index contributed by atoms with van der Waals surface area (Å²) in [7, 11) is 0. The third-order valence-electron chi connectivity index (χ3n) is 7.35. The average Bonchev–Trinajstić information content (AvgIpc) is 3.51. The molecule has 0 saturated carbocycles. The summed E-state index contributed by atoms with van der Waals surface area (Å²) in [5.74, 6) is 0.549. The number of benzene rings is 3. The summed E-state index contributed by atoms with van der Waals surface area (Å²) in [4.78, 5) is 15.9. The highest BCUT2D eigenvalue weighted by Crippen LogP contribution is 2.39. The van der Waals surface area contributed by atoms with Gasteiger partial charge in [-0.2, -0.15) is 5.10 Å². The first kappa shape index (κ1) is 24.7. The van der Waals surface area contributed by atoms with E-state index in [2.05, 4.69) is 16.8 Å². The number of hydrogen-bond donors (Lipinski definition) is 1. The molecule has 6 nitrogen and oxygen atoms in total. The van der Waals surface area contributed by atoms with Crippen molar-refractivity contribution in [2.75, 3.05) is 5.32 Å². The minimum absolute atomic E-state index is 0.258. The van der Waals surface area contributed by atoms with Crippen molar-refractivity contribution in [1.29, 1.82) is 0 Å². The Morgan fingerprint density at radius 3 is 2.56 bits per heavy atom. The van der Waals surface area contributed by atoms with Crippen LogP contribution in [0.1, 0.15) is 46.6 Å². The number of nitrogens with zero attached hydrogens (tertiary/aromatic N) is 4. The summed E-state index contributed by atoms with van der Waals surface area (Å²) in [5.41, 5.74) is 7.23. The van der Waals surface area contributed by atoms with Crippen LogP contribution >= 0.6 is 0 Å². The highest BCUT2D eigenvalue weighted by molar-refractivity contribution is 5.91. The molecule has 1 aliphatic rings. The van der Waals surface area contributed by atoms with E-state index in [9.17, 15) is 9.18 Å². The van der Waals surface area contributed by atoms with Gasteiger partial charge in [0.15, 0.2) is 0 Å². The molecular formula is C32H30FN5O. The van der Waals surface area contributed by atoms with Gasteiger partial charge in [0.25, 0.3) is 0 Å². The van der Waals surface area contributed by atoms with Crippen LogP contribution in [-0.2, 0) is 13.0 Å². The lowest BCUT2D eigenvalue weighted by Crippen LogP contribution is -2.38. The number of halogens is 1. The minimum Gasteiger partial charge on any atom is -0.308 e. The van der Waals surface area contributed by atoms with E-state index in [0.717, 1.165) is 45.3 Å². The summed E-state index contributed by atoms with van der Waals surface area (Å²) >= 11 is 0. The van der Waals surface area contributed by atoms with Gasteiger partial charge in [0, 0.05) is 17.4 Å². The molecule has 1 unspecified atom stereocenters. The predicted octanol–water partition coefficient (Wildman–Crippen LogP) is 7.12. The fourth-order valence-corrected chi connectivity index (χ4v) is 5.52. The number of aryl methyl sites for hydroxylation is 3. The molecule has 1 atom stereocenters. The second-order valence-corrected chi connectivity index (χ2v) is 9.99. The Morgan fingerprint density at radius 2 is 1.82 bits per heavy atom. The Morgan fingerprint density at radius 1 is 1.00 bits per heavy atom. The van der Waals surface area contributed by atoms with Crippen LogP contribution in [-0.4, -0.2) is 25.3 Å². The van der Waals surface area contributed by atoms with Gasteiger partial charge in [-0.3, -0.25) is 0 Å². The van der Waals surface area contributed by atoms with Crippen molar-refractivity contribution in [3.05, 3.63) is 131 Å². The Hall–Kier alpha value is -4.65. The largest absolute Gasteiger partial charge is 0.322 e. The maximum Gasteiger partial charge on any atom is 0.322 e. The molecular weight excluding hydrogens is 489 g/mol. The molecule has 39 heavy (non-hydrogen) atoms. The number of anilines is 1. The van der Waals surface area contributed by atoms with E-state index in [4.69, 9.17) is 5.10 Å². The Kier molecular flexibility index (Phi) is 6.27. The summed E-state index contributed by atoms with van der Waals surface area (Å²) < 4.78 is 18.6. The van der Waals surface area contributed by atoms with Gasteiger partial charge in [0.05, 0.1) is 29.7 Å². The van der Waals surface area contributed by atoms with Crippen molar-refractivity contribution < 1.29 is 9.18 Å². The molecule has 0 bridgehead atoms. The number of urea groups is 1. The zero-order valence-corrected chi connectivity index (χ0v) is 22.2. The molecule has 1 aliphatic heterocycles. The van der Waals surface area contributed by atoms with Crippen LogP contribution < -0.4 is 5.32 Å². The van der Waals surface area contributed by atoms with Crippen LogP contribution in [0, 0.1) is 19.7 Å². The van der Waals surface area contributed by atoms with Crippen molar-refractivity contribution in [2.24, 2.45) is 0 Å². The number of carbonyl (C=O) groups is 1. The molecule has 0 radical (unpaired) electrons.